The van der Waals surface area contributed by atoms with Crippen LogP contribution in [0.2, 0.25) is 0 Å². The molecule has 0 aromatic heterocycles. The van der Waals surface area contributed by atoms with Crippen LogP contribution >= 0.6 is 0 Å². The highest BCUT2D eigenvalue weighted by atomic mass is 16.2. The molecule has 0 spiro atoms. The normalized spacial score (nSPS) is 20.1. The van der Waals surface area contributed by atoms with E-state index in [1.165, 1.54) is 12.2 Å². The Kier molecular flexibility index (Phi) is 29.9. The summed E-state index contributed by atoms with van der Waals surface area (Å²) < 4.78 is 0. The van der Waals surface area contributed by atoms with Gasteiger partial charge in [-0.25, -0.2) is 0 Å². The van der Waals surface area contributed by atoms with Gasteiger partial charge in [-0.05, 0) is 87.4 Å². The Hall–Kier alpha value is -7.06. The van der Waals surface area contributed by atoms with Gasteiger partial charge in [-0.1, -0.05) is 80.9 Å². The average Bonchev–Trinajstić information content (AvgIpc) is 3.31. The quantitative estimate of drug-likeness (QED) is 0.0153. The SMILES string of the molecule is CC[C@H](C)[C@@H]1NC(=O)[C@H](NC(=O)[C@@H](N)CCCN=C(N)N)C/C=C/C[C@@H](C(=O)N[C@@H](CCCN=C(N)N)C(=O)NC(CC(C)(C)C)C(=O)N[C@@H](CC(C)C)C(=O)N[C@@H](CCC(N)=O)C(N)=O)NC(=O)[C@H](CC(C)C)NC1=O. The Balaban J connectivity index is 3.80. The number of nitrogens with zero attached hydrogens (tertiary/aromatic N) is 2. The molecule has 77 heavy (non-hydrogen) atoms. The van der Waals surface area contributed by atoms with Gasteiger partial charge in [0.15, 0.2) is 11.9 Å². The van der Waals surface area contributed by atoms with Crippen LogP contribution in [0, 0.1) is 23.2 Å². The van der Waals surface area contributed by atoms with Crippen molar-refractivity contribution in [2.45, 2.75) is 194 Å². The average molecular weight is 1090 g/mol. The first kappa shape index (κ1) is 68.0. The van der Waals surface area contributed by atoms with Crippen molar-refractivity contribution in [3.05, 3.63) is 12.2 Å². The van der Waals surface area contributed by atoms with Crippen LogP contribution in [0.5, 0.6) is 0 Å². The second-order valence-electron chi connectivity index (χ2n) is 21.7. The summed E-state index contributed by atoms with van der Waals surface area (Å²) in [5.41, 5.74) is 38.3. The minimum Gasteiger partial charge on any atom is -0.370 e. The van der Waals surface area contributed by atoms with Crippen LogP contribution in [0.3, 0.4) is 0 Å². The minimum atomic E-state index is -1.40. The fourth-order valence-electron chi connectivity index (χ4n) is 8.01. The van der Waals surface area contributed by atoms with Crippen molar-refractivity contribution in [1.82, 2.24) is 42.5 Å². The number of primary amides is 2. The van der Waals surface area contributed by atoms with E-state index in [1.807, 2.05) is 41.5 Å². The molecule has 0 radical (unpaired) electrons. The van der Waals surface area contributed by atoms with Crippen LogP contribution in [-0.2, 0) is 47.9 Å². The predicted molar refractivity (Wildman–Crippen MR) is 292 cm³/mol. The van der Waals surface area contributed by atoms with Crippen molar-refractivity contribution in [3.63, 3.8) is 0 Å². The van der Waals surface area contributed by atoms with Crippen LogP contribution in [0.25, 0.3) is 0 Å². The third-order valence-electron chi connectivity index (χ3n) is 12.3. The number of carbonyl (C=O) groups is 10. The minimum absolute atomic E-state index is 0.0347. The van der Waals surface area contributed by atoms with E-state index in [4.69, 9.17) is 40.1 Å². The number of hydrogen-bond donors (Lipinski definition) is 15. The van der Waals surface area contributed by atoms with Gasteiger partial charge in [0, 0.05) is 19.5 Å². The van der Waals surface area contributed by atoms with E-state index in [0.717, 1.165) is 0 Å². The van der Waals surface area contributed by atoms with E-state index in [9.17, 15) is 47.9 Å². The molecule has 27 heteroatoms. The van der Waals surface area contributed by atoms with E-state index in [2.05, 4.69) is 52.5 Å². The van der Waals surface area contributed by atoms with Crippen molar-refractivity contribution in [3.8, 4) is 0 Å². The highest BCUT2D eigenvalue weighted by molar-refractivity contribution is 5.98. The Morgan fingerprint density at radius 1 is 0.649 bits per heavy atom. The number of hydrogen-bond acceptors (Lipinski definition) is 13. The number of carbonyl (C=O) groups excluding carboxylic acids is 10. The number of nitrogens with two attached hydrogens (primary N) is 7. The van der Waals surface area contributed by atoms with Gasteiger partial charge in [0.25, 0.3) is 0 Å². The fraction of sp³-hybridized carbons (Fsp3) is 0.720. The lowest BCUT2D eigenvalue weighted by Crippen LogP contribution is -2.61. The second kappa shape index (κ2) is 33.9. The van der Waals surface area contributed by atoms with Crippen molar-refractivity contribution in [2.75, 3.05) is 13.1 Å². The summed E-state index contributed by atoms with van der Waals surface area (Å²) in [5.74, 6) is -8.69. The van der Waals surface area contributed by atoms with Crippen molar-refractivity contribution in [2.24, 2.45) is 73.3 Å². The van der Waals surface area contributed by atoms with Crippen LogP contribution < -0.4 is 82.7 Å². The molecular formula is C50H91N17O10. The molecule has 1 aliphatic rings. The Morgan fingerprint density at radius 2 is 1.19 bits per heavy atom. The molecule has 10 amide bonds. The predicted octanol–water partition coefficient (Wildman–Crippen LogP) is -3.03. The summed E-state index contributed by atoms with van der Waals surface area (Å²) in [6, 6.07) is -11.2. The third kappa shape index (κ3) is 27.5. The zero-order valence-corrected chi connectivity index (χ0v) is 46.5. The summed E-state index contributed by atoms with van der Waals surface area (Å²) in [7, 11) is 0. The molecule has 22 N–H and O–H groups in total. The zero-order valence-electron chi connectivity index (χ0n) is 46.5. The maximum Gasteiger partial charge on any atom is 0.243 e. The second-order valence-corrected chi connectivity index (χ2v) is 21.7. The molecule has 0 aliphatic carbocycles. The molecule has 0 aromatic carbocycles. The molecule has 0 fully saturated rings. The molecule has 436 valence electrons. The molecule has 1 rings (SSSR count). The maximum absolute atomic E-state index is 14.6. The smallest absolute Gasteiger partial charge is 0.243 e. The van der Waals surface area contributed by atoms with E-state index < -0.39 is 125 Å². The Morgan fingerprint density at radius 3 is 1.73 bits per heavy atom. The van der Waals surface area contributed by atoms with Gasteiger partial charge in [0.1, 0.15) is 48.3 Å². The van der Waals surface area contributed by atoms with Crippen molar-refractivity contribution < 1.29 is 47.9 Å². The third-order valence-corrected chi connectivity index (χ3v) is 12.3. The standard InChI is InChI=1S/C50H91N17O10/c1-10-28(6)38-47(77)65-35(24-27(4)5)45(75)63-31(16-11-12-17-32(43(73)67-38)61-40(70)29(51)15-13-21-58-48(54)55)41(71)62-33(18-14-22-59-49(56)57)42(72)66-36(25-50(7,8)9)46(76)64-34(23-26(2)3)44(74)60-30(39(53)69)19-20-37(52)68/h11-12,26-36,38H,10,13-25,51H2,1-9H3,(H2,52,68)(H2,53,69)(H,60,74)(H,61,70)(H,62,71)(H,63,75)(H,64,76)(H,65,77)(H,66,72)(H,67,73)(H4,54,55,58)(H4,56,57,59)/b12-11+/t28-,29-,30-,31-,32+,33-,34-,35-,36?,38-/m0/s1. The lowest BCUT2D eigenvalue weighted by atomic mass is 9.87. The lowest BCUT2D eigenvalue weighted by molar-refractivity contribution is -0.136. The van der Waals surface area contributed by atoms with Gasteiger partial charge >= 0.3 is 0 Å². The highest BCUT2D eigenvalue weighted by Gasteiger charge is 2.37. The summed E-state index contributed by atoms with van der Waals surface area (Å²) in [6.45, 7) is 16.6. The Bertz CT molecular complexity index is 2100. The number of nitrogens with one attached hydrogen (secondary N) is 8. The first-order valence-corrected chi connectivity index (χ1v) is 26.4. The van der Waals surface area contributed by atoms with Gasteiger partial charge < -0.3 is 82.7 Å². The number of rotatable bonds is 29. The summed E-state index contributed by atoms with van der Waals surface area (Å²) in [4.78, 5) is 144. The maximum atomic E-state index is 14.6. The molecule has 0 bridgehead atoms. The van der Waals surface area contributed by atoms with Gasteiger partial charge in [0.2, 0.25) is 59.1 Å². The Labute approximate surface area is 452 Å². The van der Waals surface area contributed by atoms with Crippen LogP contribution in [0.1, 0.15) is 139 Å². The molecule has 1 aliphatic heterocycles. The van der Waals surface area contributed by atoms with Crippen molar-refractivity contribution in [1.29, 1.82) is 0 Å². The number of guanidine groups is 2. The van der Waals surface area contributed by atoms with Crippen molar-refractivity contribution >= 4 is 71.0 Å². The largest absolute Gasteiger partial charge is 0.370 e. The molecule has 10 atom stereocenters. The molecule has 1 heterocycles. The van der Waals surface area contributed by atoms with E-state index in [-0.39, 0.29) is 101 Å². The summed E-state index contributed by atoms with van der Waals surface area (Å²) >= 11 is 0. The monoisotopic (exact) mass is 1090 g/mol. The zero-order chi connectivity index (χ0) is 58.7. The molecule has 1 unspecified atom stereocenters. The summed E-state index contributed by atoms with van der Waals surface area (Å²) in [6.07, 6.45) is 3.56. The van der Waals surface area contributed by atoms with Gasteiger partial charge in [-0.3, -0.25) is 57.9 Å². The molecule has 0 saturated carbocycles. The fourth-order valence-corrected chi connectivity index (χ4v) is 8.01. The van der Waals surface area contributed by atoms with Gasteiger partial charge in [0.05, 0.1) is 6.04 Å². The molecular weight excluding hydrogens is 999 g/mol. The lowest BCUT2D eigenvalue weighted by Gasteiger charge is -2.31. The highest BCUT2D eigenvalue weighted by Crippen LogP contribution is 2.22. The number of aliphatic imine (C=N–C) groups is 2. The summed E-state index contributed by atoms with van der Waals surface area (Å²) in [5, 5.41) is 21.6. The van der Waals surface area contributed by atoms with Crippen LogP contribution in [-0.4, -0.2) is 138 Å². The van der Waals surface area contributed by atoms with E-state index in [1.54, 1.807) is 20.8 Å². The first-order valence-electron chi connectivity index (χ1n) is 26.4. The molecule has 27 nitrogen and oxygen atoms in total. The van der Waals surface area contributed by atoms with Crippen LogP contribution in [0.4, 0.5) is 0 Å². The topological polar surface area (TPSA) is 474 Å². The molecule has 0 saturated heterocycles. The van der Waals surface area contributed by atoms with Crippen LogP contribution in [0.15, 0.2) is 22.1 Å². The van der Waals surface area contributed by atoms with E-state index in [0.29, 0.717) is 12.8 Å². The number of amides is 10. The molecule has 0 aromatic rings. The van der Waals surface area contributed by atoms with Gasteiger partial charge in [-0.2, -0.15) is 0 Å². The van der Waals surface area contributed by atoms with E-state index >= 15 is 0 Å². The van der Waals surface area contributed by atoms with Gasteiger partial charge in [-0.15, -0.1) is 0 Å². The first-order chi connectivity index (χ1) is 35.8.